The van der Waals surface area contributed by atoms with Crippen LogP contribution in [-0.4, -0.2) is 50.5 Å². The number of carbonyl (C=O) groups excluding carboxylic acids is 2. The number of unbranched alkanes of at least 4 members (excludes halogenated alkanes) is 1. The summed E-state index contributed by atoms with van der Waals surface area (Å²) in [5, 5.41) is 3.81. The number of nitrogens with zero attached hydrogens (tertiary/aromatic N) is 2. The average Bonchev–Trinajstić information content (AvgIpc) is 2.89. The molecule has 7 nitrogen and oxygen atoms in total. The molecule has 0 spiro atoms. The number of halogens is 3. The second-order valence-corrected chi connectivity index (χ2v) is 12.6. The Morgan fingerprint density at radius 3 is 2.20 bits per heavy atom. The fourth-order valence-electron chi connectivity index (χ4n) is 4.17. The molecule has 11 heteroatoms. The fourth-order valence-corrected chi connectivity index (χ4v) is 5.81. The lowest BCUT2D eigenvalue weighted by Gasteiger charge is -2.33. The van der Waals surface area contributed by atoms with Gasteiger partial charge in [0.25, 0.3) is 0 Å². The molecule has 1 atom stereocenters. The lowest BCUT2D eigenvalue weighted by atomic mass is 10.0. The van der Waals surface area contributed by atoms with Gasteiger partial charge in [-0.15, -0.1) is 0 Å². The van der Waals surface area contributed by atoms with Crippen LogP contribution in [0.2, 0.25) is 15.1 Å². The maximum atomic E-state index is 14.0. The van der Waals surface area contributed by atoms with E-state index < -0.39 is 28.5 Å². The van der Waals surface area contributed by atoms with Crippen molar-refractivity contribution in [2.45, 2.75) is 38.8 Å². The number of benzene rings is 3. The zero-order valence-electron chi connectivity index (χ0n) is 22.3. The third kappa shape index (κ3) is 9.13. The molecule has 0 aliphatic heterocycles. The topological polar surface area (TPSA) is 86.8 Å². The summed E-state index contributed by atoms with van der Waals surface area (Å²) in [6.45, 7) is 1.93. The molecular formula is C29H32Cl3N3O4S. The molecule has 3 rings (SSSR count). The lowest BCUT2D eigenvalue weighted by molar-refractivity contribution is -0.140. The number of sulfonamides is 1. The van der Waals surface area contributed by atoms with Gasteiger partial charge in [-0.05, 0) is 47.9 Å². The quantitative estimate of drug-likeness (QED) is 0.238. The van der Waals surface area contributed by atoms with E-state index in [4.69, 9.17) is 34.8 Å². The Morgan fingerprint density at radius 2 is 1.57 bits per heavy atom. The highest BCUT2D eigenvalue weighted by molar-refractivity contribution is 7.92. The second kappa shape index (κ2) is 14.7. The lowest BCUT2D eigenvalue weighted by Crippen LogP contribution is -2.53. The van der Waals surface area contributed by atoms with Gasteiger partial charge < -0.3 is 10.2 Å². The van der Waals surface area contributed by atoms with E-state index in [0.29, 0.717) is 22.2 Å². The number of amides is 2. The third-order valence-corrected chi connectivity index (χ3v) is 8.10. The van der Waals surface area contributed by atoms with E-state index in [1.165, 1.54) is 23.1 Å². The maximum Gasteiger partial charge on any atom is 0.244 e. The summed E-state index contributed by atoms with van der Waals surface area (Å²) in [6, 6.07) is 19.7. The number of hydrogen-bond acceptors (Lipinski definition) is 4. The highest BCUT2D eigenvalue weighted by Crippen LogP contribution is 2.30. The van der Waals surface area contributed by atoms with Gasteiger partial charge in [-0.1, -0.05) is 90.6 Å². The van der Waals surface area contributed by atoms with Crippen molar-refractivity contribution in [3.63, 3.8) is 0 Å². The Hall–Kier alpha value is -2.78. The predicted molar refractivity (Wildman–Crippen MR) is 163 cm³/mol. The molecule has 0 radical (unpaired) electrons. The Labute approximate surface area is 251 Å². The first-order chi connectivity index (χ1) is 19.0. The molecule has 40 heavy (non-hydrogen) atoms. The minimum atomic E-state index is -3.95. The van der Waals surface area contributed by atoms with Gasteiger partial charge in [-0.3, -0.25) is 13.9 Å². The first-order valence-electron chi connectivity index (χ1n) is 12.8. The maximum absolute atomic E-state index is 14.0. The van der Waals surface area contributed by atoms with E-state index in [2.05, 4.69) is 5.32 Å². The SMILES string of the molecule is CCCCNC(=O)[C@H](Cc1ccccc1)N(Cc1cccc(Cl)c1)C(=O)CN(c1ccc(Cl)cc1Cl)S(C)(=O)=O. The van der Waals surface area contributed by atoms with Crippen LogP contribution in [0.1, 0.15) is 30.9 Å². The molecule has 0 saturated heterocycles. The summed E-state index contributed by atoms with van der Waals surface area (Å²) in [5.41, 5.74) is 1.65. The molecule has 3 aromatic carbocycles. The van der Waals surface area contributed by atoms with E-state index in [1.54, 1.807) is 24.3 Å². The molecule has 1 N–H and O–H groups in total. The molecule has 0 aromatic heterocycles. The monoisotopic (exact) mass is 623 g/mol. The van der Waals surface area contributed by atoms with Crippen molar-refractivity contribution < 1.29 is 18.0 Å². The smallest absolute Gasteiger partial charge is 0.244 e. The van der Waals surface area contributed by atoms with Crippen LogP contribution in [0.5, 0.6) is 0 Å². The summed E-state index contributed by atoms with van der Waals surface area (Å²) in [5.74, 6) is -0.911. The van der Waals surface area contributed by atoms with Crippen LogP contribution in [0.15, 0.2) is 72.8 Å². The first kappa shape index (κ1) is 31.7. The number of carbonyl (C=O) groups is 2. The average molecular weight is 625 g/mol. The fraction of sp³-hybridized carbons (Fsp3) is 0.310. The molecule has 0 unspecified atom stereocenters. The van der Waals surface area contributed by atoms with Crippen LogP contribution in [0.3, 0.4) is 0 Å². The van der Waals surface area contributed by atoms with Crippen LogP contribution in [0.4, 0.5) is 5.69 Å². The Kier molecular flexibility index (Phi) is 11.7. The van der Waals surface area contributed by atoms with Crippen LogP contribution < -0.4 is 9.62 Å². The Balaban J connectivity index is 2.05. The van der Waals surface area contributed by atoms with Gasteiger partial charge in [-0.25, -0.2) is 8.42 Å². The molecule has 3 aromatic rings. The van der Waals surface area contributed by atoms with E-state index in [9.17, 15) is 18.0 Å². The van der Waals surface area contributed by atoms with Gasteiger partial charge in [0.1, 0.15) is 12.6 Å². The van der Waals surface area contributed by atoms with Crippen LogP contribution in [0, 0.1) is 0 Å². The zero-order chi connectivity index (χ0) is 29.3. The normalized spacial score (nSPS) is 12.0. The van der Waals surface area contributed by atoms with E-state index in [-0.39, 0.29) is 29.6 Å². The number of hydrogen-bond donors (Lipinski definition) is 1. The summed E-state index contributed by atoms with van der Waals surface area (Å²) >= 11 is 18.6. The van der Waals surface area contributed by atoms with Crippen molar-refractivity contribution in [2.24, 2.45) is 0 Å². The molecule has 2 amide bonds. The molecular weight excluding hydrogens is 593 g/mol. The van der Waals surface area contributed by atoms with Crippen molar-refractivity contribution >= 4 is 62.3 Å². The highest BCUT2D eigenvalue weighted by atomic mass is 35.5. The largest absolute Gasteiger partial charge is 0.354 e. The number of anilines is 1. The summed E-state index contributed by atoms with van der Waals surface area (Å²) < 4.78 is 26.7. The van der Waals surface area contributed by atoms with Crippen molar-refractivity contribution in [1.82, 2.24) is 10.2 Å². The molecule has 0 aliphatic carbocycles. The molecule has 0 aliphatic rings. The molecule has 0 heterocycles. The van der Waals surface area contributed by atoms with Crippen LogP contribution in [0.25, 0.3) is 0 Å². The summed E-state index contributed by atoms with van der Waals surface area (Å²) in [6.07, 6.45) is 2.89. The third-order valence-electron chi connectivity index (χ3n) is 6.20. The number of nitrogens with one attached hydrogen (secondary N) is 1. The van der Waals surface area contributed by atoms with Gasteiger partial charge in [0, 0.05) is 29.6 Å². The van der Waals surface area contributed by atoms with Crippen molar-refractivity contribution in [3.05, 3.63) is 99.0 Å². The van der Waals surface area contributed by atoms with Gasteiger partial charge >= 0.3 is 0 Å². The zero-order valence-corrected chi connectivity index (χ0v) is 25.4. The Morgan fingerprint density at radius 1 is 0.900 bits per heavy atom. The van der Waals surface area contributed by atoms with Gasteiger partial charge in [-0.2, -0.15) is 0 Å². The minimum absolute atomic E-state index is 0.0318. The molecule has 214 valence electrons. The molecule has 0 bridgehead atoms. The standard InChI is InChI=1S/C29H32Cl3N3O4S/c1-3-4-15-33-29(37)27(17-21-9-6-5-7-10-21)34(19-22-11-8-12-23(30)16-22)28(36)20-35(40(2,38)39)26-14-13-24(31)18-25(26)32/h5-14,16,18,27H,3-4,15,17,19-20H2,1-2H3,(H,33,37)/t27-/m0/s1. The van der Waals surface area contributed by atoms with Crippen LogP contribution >= 0.6 is 34.8 Å². The van der Waals surface area contributed by atoms with Crippen molar-refractivity contribution in [1.29, 1.82) is 0 Å². The van der Waals surface area contributed by atoms with Crippen LogP contribution in [-0.2, 0) is 32.6 Å². The first-order valence-corrected chi connectivity index (χ1v) is 15.8. The minimum Gasteiger partial charge on any atom is -0.354 e. The summed E-state index contributed by atoms with van der Waals surface area (Å²) in [4.78, 5) is 29.0. The van der Waals surface area contributed by atoms with E-state index in [0.717, 1.165) is 29.0 Å². The van der Waals surface area contributed by atoms with E-state index >= 15 is 0 Å². The van der Waals surface area contributed by atoms with Crippen molar-refractivity contribution in [2.75, 3.05) is 23.7 Å². The van der Waals surface area contributed by atoms with E-state index in [1.807, 2.05) is 37.3 Å². The van der Waals surface area contributed by atoms with Crippen molar-refractivity contribution in [3.8, 4) is 0 Å². The van der Waals surface area contributed by atoms with Gasteiger partial charge in [0.05, 0.1) is 17.0 Å². The highest BCUT2D eigenvalue weighted by Gasteiger charge is 2.33. The second-order valence-electron chi connectivity index (χ2n) is 9.37. The number of rotatable bonds is 13. The molecule has 0 saturated carbocycles. The molecule has 0 fully saturated rings. The van der Waals surface area contributed by atoms with Gasteiger partial charge in [0.15, 0.2) is 0 Å². The summed E-state index contributed by atoms with van der Waals surface area (Å²) in [7, 11) is -3.95. The van der Waals surface area contributed by atoms with Gasteiger partial charge in [0.2, 0.25) is 21.8 Å². The predicted octanol–water partition coefficient (Wildman–Crippen LogP) is 5.97. The Bertz CT molecular complexity index is 1420.